The number of non-ortho nitro benzene ring substituents is 1. The van der Waals surface area contributed by atoms with Gasteiger partial charge in [-0.05, 0) is 11.1 Å². The molecule has 0 aromatic heterocycles. The van der Waals surface area contributed by atoms with Crippen LogP contribution in [0.5, 0.6) is 0 Å². The van der Waals surface area contributed by atoms with Crippen LogP contribution in [0.1, 0.15) is 11.1 Å². The zero-order valence-electron chi connectivity index (χ0n) is 15.5. The van der Waals surface area contributed by atoms with Crippen molar-refractivity contribution in [2.45, 2.75) is 0 Å². The third-order valence-corrected chi connectivity index (χ3v) is 4.59. The topological polar surface area (TPSA) is 96.9 Å². The maximum Gasteiger partial charge on any atom is 0.409 e. The minimum atomic E-state index is -0.436. The van der Waals surface area contributed by atoms with Crippen LogP contribution in [0.25, 0.3) is 11.1 Å². The number of nitro benzene ring substituents is 1. The maximum atomic E-state index is 10.9. The normalized spacial score (nSPS) is 13.7. The van der Waals surface area contributed by atoms with Crippen LogP contribution >= 0.6 is 0 Å². The van der Waals surface area contributed by atoms with Crippen LogP contribution in [0.4, 0.5) is 5.69 Å². The van der Waals surface area contributed by atoms with E-state index in [1.165, 1.54) is 12.1 Å². The summed E-state index contributed by atoms with van der Waals surface area (Å²) in [5.41, 5.74) is 10.7. The van der Waals surface area contributed by atoms with Crippen LogP contribution in [-0.2, 0) is 0 Å². The van der Waals surface area contributed by atoms with E-state index in [1.54, 1.807) is 23.0 Å². The molecule has 142 valence electrons. The van der Waals surface area contributed by atoms with Crippen molar-refractivity contribution in [3.8, 4) is 11.1 Å². The first-order valence-electron chi connectivity index (χ1n) is 9.02. The fourth-order valence-corrected chi connectivity index (χ4v) is 3.10. The van der Waals surface area contributed by atoms with Gasteiger partial charge in [0.05, 0.1) is 11.1 Å². The molecule has 1 heterocycles. The summed E-state index contributed by atoms with van der Waals surface area (Å²) < 4.78 is 1.57. The Labute approximate surface area is 167 Å². The lowest BCUT2D eigenvalue weighted by molar-refractivity contribution is -0.410. The summed E-state index contributed by atoms with van der Waals surface area (Å²) in [5, 5.41) is 15.3. The van der Waals surface area contributed by atoms with Crippen LogP contribution in [0.2, 0.25) is 0 Å². The molecule has 0 fully saturated rings. The molecule has 0 saturated heterocycles. The number of benzene rings is 3. The van der Waals surface area contributed by atoms with Gasteiger partial charge in [-0.15, -0.1) is 14.8 Å². The molecule has 3 aromatic carbocycles. The number of hydrogen-bond donors (Lipinski definition) is 1. The van der Waals surface area contributed by atoms with Crippen LogP contribution in [0.15, 0.2) is 89.0 Å². The molecule has 2 N–H and O–H groups in total. The van der Waals surface area contributed by atoms with Crippen molar-refractivity contribution in [3.05, 3.63) is 100 Å². The third kappa shape index (κ3) is 3.93. The lowest BCUT2D eigenvalue weighted by atomic mass is 10.0. The van der Waals surface area contributed by atoms with Gasteiger partial charge in [0.2, 0.25) is 0 Å². The number of hydrazone groups is 1. The van der Waals surface area contributed by atoms with E-state index >= 15 is 0 Å². The molecular formula is C22H18N5O2+. The molecule has 0 unspecified atom stereocenters. The molecule has 4 rings (SSSR count). The van der Waals surface area contributed by atoms with Gasteiger partial charge in [0.1, 0.15) is 0 Å². The van der Waals surface area contributed by atoms with Gasteiger partial charge in [-0.1, -0.05) is 66.7 Å². The van der Waals surface area contributed by atoms with Crippen molar-refractivity contribution >= 4 is 23.6 Å². The summed E-state index contributed by atoms with van der Waals surface area (Å²) in [4.78, 5) is 14.8. The van der Waals surface area contributed by atoms with Crippen LogP contribution in [-0.4, -0.2) is 34.0 Å². The van der Waals surface area contributed by atoms with Crippen molar-refractivity contribution in [1.82, 2.24) is 0 Å². The highest BCUT2D eigenvalue weighted by molar-refractivity contribution is 6.04. The molecule has 0 radical (unpaired) electrons. The van der Waals surface area contributed by atoms with Gasteiger partial charge in [-0.25, -0.2) is 0 Å². The van der Waals surface area contributed by atoms with Crippen LogP contribution in [0.3, 0.4) is 0 Å². The summed E-state index contributed by atoms with van der Waals surface area (Å²) in [7, 11) is 0. The first kappa shape index (κ1) is 18.2. The third-order valence-electron chi connectivity index (χ3n) is 4.59. The quantitative estimate of drug-likeness (QED) is 0.316. The second-order valence-electron chi connectivity index (χ2n) is 6.47. The van der Waals surface area contributed by atoms with Gasteiger partial charge < -0.3 is 0 Å². The first-order chi connectivity index (χ1) is 14.1. The number of nitro groups is 1. The fraction of sp³-hybridized carbons (Fsp3) is 0.0455. The smallest absolute Gasteiger partial charge is 0.286 e. The Hall–Kier alpha value is -4.13. The Kier molecular flexibility index (Phi) is 4.94. The molecule has 0 aliphatic carbocycles. The van der Waals surface area contributed by atoms with Gasteiger partial charge in [-0.2, -0.15) is 0 Å². The predicted octanol–water partition coefficient (Wildman–Crippen LogP) is 3.43. The molecule has 0 amide bonds. The first-order valence-corrected chi connectivity index (χ1v) is 9.02. The highest BCUT2D eigenvalue weighted by atomic mass is 16.6. The van der Waals surface area contributed by atoms with E-state index in [1.807, 2.05) is 30.3 Å². The van der Waals surface area contributed by atoms with Gasteiger partial charge in [0.25, 0.3) is 5.69 Å². The largest absolute Gasteiger partial charge is 0.409 e. The second-order valence-corrected chi connectivity index (χ2v) is 6.47. The van der Waals surface area contributed by atoms with Crippen molar-refractivity contribution in [3.63, 3.8) is 0 Å². The molecular weight excluding hydrogens is 366 g/mol. The standard InChI is InChI=1S/C22H18N5O2/c23-22-24-15-21(19-11-9-18(10-12-19)17-6-2-1-3-7-17)26(22)25-14-16-5-4-8-20(13-16)27(28)29/h1-14H,15H2,(H2,23,24)/q+1/b25-14+. The fourth-order valence-electron chi connectivity index (χ4n) is 3.10. The number of nitrogens with zero attached hydrogens (tertiary/aromatic N) is 4. The Morgan fingerprint density at radius 3 is 2.38 bits per heavy atom. The zero-order chi connectivity index (χ0) is 20.2. The van der Waals surface area contributed by atoms with Gasteiger partial charge in [0, 0.05) is 23.3 Å². The lowest BCUT2D eigenvalue weighted by Gasteiger charge is -2.04. The molecule has 1 aliphatic rings. The van der Waals surface area contributed by atoms with E-state index in [-0.39, 0.29) is 11.6 Å². The predicted molar refractivity (Wildman–Crippen MR) is 113 cm³/mol. The number of nitrogens with two attached hydrogens (primary N) is 1. The molecule has 0 atom stereocenters. The van der Waals surface area contributed by atoms with E-state index < -0.39 is 4.92 Å². The molecule has 0 saturated carbocycles. The molecule has 0 spiro atoms. The summed E-state index contributed by atoms with van der Waals surface area (Å²) in [6.45, 7) is 0.419. The van der Waals surface area contributed by atoms with Gasteiger partial charge >= 0.3 is 5.96 Å². The van der Waals surface area contributed by atoms with Crippen molar-refractivity contribution in [2.75, 3.05) is 6.54 Å². The molecule has 0 bridgehead atoms. The average molecular weight is 384 g/mol. The molecule has 29 heavy (non-hydrogen) atoms. The minimum Gasteiger partial charge on any atom is -0.286 e. The number of rotatable bonds is 5. The second kappa shape index (κ2) is 7.85. The maximum absolute atomic E-state index is 10.9. The highest BCUT2D eigenvalue weighted by Crippen LogP contribution is 2.20. The van der Waals surface area contributed by atoms with Crippen LogP contribution in [0, 0.1) is 10.1 Å². The Morgan fingerprint density at radius 1 is 0.966 bits per heavy atom. The molecule has 7 nitrogen and oxygen atoms in total. The number of aliphatic imine (C=N–C) groups is 1. The monoisotopic (exact) mass is 384 g/mol. The van der Waals surface area contributed by atoms with Gasteiger partial charge in [0.15, 0.2) is 12.3 Å². The number of hydrogen-bond acceptors (Lipinski definition) is 5. The summed E-state index contributed by atoms with van der Waals surface area (Å²) in [5.74, 6) is 0.286. The van der Waals surface area contributed by atoms with Crippen molar-refractivity contribution in [2.24, 2.45) is 15.8 Å². The zero-order valence-corrected chi connectivity index (χ0v) is 15.5. The highest BCUT2D eigenvalue weighted by Gasteiger charge is 2.24. The lowest BCUT2D eigenvalue weighted by Crippen LogP contribution is -2.26. The SMILES string of the molecule is NC1=NCC(c2ccc(-c3ccccc3)cc2)=[N+]1/N=C/c1cccc([N+](=O)[O-])c1. The molecule has 3 aromatic rings. The van der Waals surface area contributed by atoms with Crippen LogP contribution < -0.4 is 5.73 Å². The van der Waals surface area contributed by atoms with Crippen molar-refractivity contribution < 1.29 is 9.61 Å². The van der Waals surface area contributed by atoms with Crippen molar-refractivity contribution in [1.29, 1.82) is 0 Å². The van der Waals surface area contributed by atoms with E-state index in [9.17, 15) is 10.1 Å². The molecule has 7 heteroatoms. The van der Waals surface area contributed by atoms with E-state index in [2.05, 4.69) is 34.4 Å². The minimum absolute atomic E-state index is 0.0118. The summed E-state index contributed by atoms with van der Waals surface area (Å²) >= 11 is 0. The van der Waals surface area contributed by atoms with E-state index in [0.717, 1.165) is 22.4 Å². The Balaban J connectivity index is 1.64. The summed E-state index contributed by atoms with van der Waals surface area (Å²) in [6.07, 6.45) is 1.54. The van der Waals surface area contributed by atoms with Gasteiger partial charge in [-0.3, -0.25) is 15.8 Å². The summed E-state index contributed by atoms with van der Waals surface area (Å²) in [6, 6.07) is 24.5. The molecule has 1 aliphatic heterocycles. The van der Waals surface area contributed by atoms with E-state index in [0.29, 0.717) is 12.1 Å². The Morgan fingerprint density at radius 2 is 1.66 bits per heavy atom. The Bertz CT molecular complexity index is 1150. The average Bonchev–Trinajstić information content (AvgIpc) is 3.13. The number of guanidine groups is 1. The van der Waals surface area contributed by atoms with E-state index in [4.69, 9.17) is 5.73 Å².